The number of hydrogen-bond acceptors (Lipinski definition) is 3. The Morgan fingerprint density at radius 2 is 2.06 bits per heavy atom. The number of amides is 2. The zero-order chi connectivity index (χ0) is 25.3. The Morgan fingerprint density at radius 1 is 1.29 bits per heavy atom. The van der Waals surface area contributed by atoms with Crippen LogP contribution in [-0.2, 0) is 11.3 Å². The maximum Gasteiger partial charge on any atom is 0.280 e. The lowest BCUT2D eigenvalue weighted by Gasteiger charge is -2.29. The number of aromatic nitrogens is 2. The second kappa shape index (κ2) is 9.69. The summed E-state index contributed by atoms with van der Waals surface area (Å²) in [7, 11) is 1.76. The largest absolute Gasteiger partial charge is 0.393 e. The summed E-state index contributed by atoms with van der Waals surface area (Å²) >= 11 is 0. The number of aromatic amines is 1. The van der Waals surface area contributed by atoms with Gasteiger partial charge in [0.25, 0.3) is 12.3 Å². The van der Waals surface area contributed by atoms with Crippen molar-refractivity contribution in [3.8, 4) is 0 Å². The third kappa shape index (κ3) is 5.17. The molecule has 4 rings (SSSR count). The van der Waals surface area contributed by atoms with Crippen molar-refractivity contribution < 1.29 is 27.9 Å². The van der Waals surface area contributed by atoms with Crippen molar-refractivity contribution in [2.24, 2.45) is 4.99 Å². The number of halogens is 3. The van der Waals surface area contributed by atoms with Gasteiger partial charge in [0.05, 0.1) is 30.1 Å². The lowest BCUT2D eigenvalue weighted by Crippen LogP contribution is -2.37. The molecule has 35 heavy (non-hydrogen) atoms. The number of nitrogens with zero attached hydrogens (tertiary/aromatic N) is 3. The van der Waals surface area contributed by atoms with Crippen LogP contribution in [-0.4, -0.2) is 57.2 Å². The predicted molar refractivity (Wildman–Crippen MR) is 124 cm³/mol. The summed E-state index contributed by atoms with van der Waals surface area (Å²) in [5, 5.41) is 9.46. The maximum atomic E-state index is 14.8. The van der Waals surface area contributed by atoms with E-state index in [0.29, 0.717) is 24.0 Å². The first-order valence-corrected chi connectivity index (χ1v) is 11.3. The van der Waals surface area contributed by atoms with E-state index in [1.165, 1.54) is 29.7 Å². The van der Waals surface area contributed by atoms with Gasteiger partial charge in [-0.2, -0.15) is 4.99 Å². The van der Waals surface area contributed by atoms with Crippen LogP contribution in [0.15, 0.2) is 47.5 Å². The van der Waals surface area contributed by atoms with Crippen molar-refractivity contribution in [1.29, 1.82) is 0 Å². The van der Waals surface area contributed by atoms with Crippen molar-refractivity contribution in [3.05, 3.63) is 64.8 Å². The van der Waals surface area contributed by atoms with Crippen molar-refractivity contribution in [2.75, 3.05) is 20.2 Å². The van der Waals surface area contributed by atoms with E-state index in [1.807, 2.05) is 0 Å². The van der Waals surface area contributed by atoms with Crippen LogP contribution in [0.3, 0.4) is 0 Å². The van der Waals surface area contributed by atoms with Gasteiger partial charge < -0.3 is 19.6 Å². The van der Waals surface area contributed by atoms with Gasteiger partial charge >= 0.3 is 0 Å². The Morgan fingerprint density at radius 3 is 2.77 bits per heavy atom. The molecule has 0 aliphatic carbocycles. The third-order valence-corrected chi connectivity index (χ3v) is 6.29. The fourth-order valence-corrected chi connectivity index (χ4v) is 4.35. The number of H-pyrrole nitrogens is 1. The van der Waals surface area contributed by atoms with E-state index in [0.717, 1.165) is 18.1 Å². The molecule has 0 radical (unpaired) electrons. The number of likely N-dealkylation sites (tertiary alicyclic amines) is 1. The molecule has 1 aliphatic heterocycles. The molecule has 186 valence electrons. The monoisotopic (exact) mass is 488 g/mol. The van der Waals surface area contributed by atoms with Crippen molar-refractivity contribution >= 4 is 22.8 Å². The number of rotatable bonds is 6. The highest BCUT2D eigenvalue weighted by atomic mass is 19.3. The lowest BCUT2D eigenvalue weighted by atomic mass is 9.90. The molecule has 1 saturated heterocycles. The Kier molecular flexibility index (Phi) is 6.84. The second-order valence-electron chi connectivity index (χ2n) is 9.18. The molecule has 10 heteroatoms. The van der Waals surface area contributed by atoms with Gasteiger partial charge in [-0.3, -0.25) is 9.59 Å². The standard InChI is InChI=1S/C25H27F3N4O3/c1-25(28,14-33)13-32-20-9-8-15(18-7-4-10-31(2)23(18)35)12-19(20)29-24(32)30-22(34)17-6-3-5-16(11-17)21(26)27/h3,5-6,8-9,11-12,18,21,33H,4,7,10,13-14H2,1-2H3,(H,29,30,34)/t18-,25+/m1/s1. The Balaban J connectivity index is 1.81. The van der Waals surface area contributed by atoms with E-state index < -0.39 is 24.6 Å². The molecule has 1 aliphatic rings. The molecule has 3 aromatic rings. The SMILES string of the molecule is CN1CCC[C@H](c2ccc3c(c2)[nH]/c(=N\C(=O)c2cccc(C(F)F)c2)n3C[C@](C)(F)CO)C1=O. The number of alkyl halides is 3. The molecule has 1 fully saturated rings. The van der Waals surface area contributed by atoms with Crippen LogP contribution in [0.25, 0.3) is 11.0 Å². The normalized spacial score (nSPS) is 18.9. The molecule has 0 spiro atoms. The van der Waals surface area contributed by atoms with Gasteiger partial charge in [-0.25, -0.2) is 13.2 Å². The molecular formula is C25H27F3N4O3. The molecule has 0 unspecified atom stereocenters. The zero-order valence-electron chi connectivity index (χ0n) is 19.5. The molecule has 2 atom stereocenters. The Labute approximate surface area is 199 Å². The minimum absolute atomic E-state index is 0.00835. The molecule has 1 aromatic heterocycles. The number of aliphatic hydroxyl groups excluding tert-OH is 1. The average Bonchev–Trinajstić information content (AvgIpc) is 3.16. The van der Waals surface area contributed by atoms with E-state index >= 15 is 0 Å². The summed E-state index contributed by atoms with van der Waals surface area (Å²) in [6.45, 7) is 0.865. The van der Waals surface area contributed by atoms with Crippen molar-refractivity contribution in [3.63, 3.8) is 0 Å². The van der Waals surface area contributed by atoms with E-state index in [4.69, 9.17) is 0 Å². The highest BCUT2D eigenvalue weighted by molar-refractivity contribution is 5.95. The lowest BCUT2D eigenvalue weighted by molar-refractivity contribution is -0.133. The van der Waals surface area contributed by atoms with E-state index in [2.05, 4.69) is 9.98 Å². The number of hydrogen-bond donors (Lipinski definition) is 2. The summed E-state index contributed by atoms with van der Waals surface area (Å²) in [4.78, 5) is 34.2. The minimum Gasteiger partial charge on any atom is -0.393 e. The summed E-state index contributed by atoms with van der Waals surface area (Å²) in [6.07, 6.45) is -1.16. The number of benzene rings is 2. The number of piperidine rings is 1. The van der Waals surface area contributed by atoms with Crippen LogP contribution in [0.1, 0.15) is 53.6 Å². The number of carbonyl (C=O) groups excluding carboxylic acids is 2. The predicted octanol–water partition coefficient (Wildman–Crippen LogP) is 3.70. The zero-order valence-corrected chi connectivity index (χ0v) is 19.5. The molecule has 0 bridgehead atoms. The number of aliphatic hydroxyl groups is 1. The Hall–Kier alpha value is -3.40. The summed E-state index contributed by atoms with van der Waals surface area (Å²) in [5.74, 6) is -1.06. The average molecular weight is 489 g/mol. The first-order chi connectivity index (χ1) is 16.6. The molecular weight excluding hydrogens is 461 g/mol. The molecule has 7 nitrogen and oxygen atoms in total. The highest BCUT2D eigenvalue weighted by Crippen LogP contribution is 2.29. The molecule has 2 aromatic carbocycles. The number of imidazole rings is 1. The molecule has 2 heterocycles. The van der Waals surface area contributed by atoms with Crippen LogP contribution in [0.4, 0.5) is 13.2 Å². The number of carbonyl (C=O) groups is 2. The highest BCUT2D eigenvalue weighted by Gasteiger charge is 2.29. The summed E-state index contributed by atoms with van der Waals surface area (Å²) in [6, 6.07) is 10.3. The Bertz CT molecular complexity index is 1330. The van der Waals surface area contributed by atoms with Gasteiger partial charge in [0.1, 0.15) is 5.67 Å². The van der Waals surface area contributed by atoms with Gasteiger partial charge in [-0.1, -0.05) is 18.2 Å². The van der Waals surface area contributed by atoms with Crippen LogP contribution in [0.5, 0.6) is 0 Å². The fraction of sp³-hybridized carbons (Fsp3) is 0.400. The minimum atomic E-state index is -2.74. The van der Waals surface area contributed by atoms with Crippen molar-refractivity contribution in [1.82, 2.24) is 14.5 Å². The van der Waals surface area contributed by atoms with Gasteiger partial charge in [-0.05, 0) is 49.6 Å². The first kappa shape index (κ1) is 24.7. The van der Waals surface area contributed by atoms with E-state index in [9.17, 15) is 27.9 Å². The topological polar surface area (TPSA) is 90.7 Å². The third-order valence-electron chi connectivity index (χ3n) is 6.29. The summed E-state index contributed by atoms with van der Waals surface area (Å²) < 4.78 is 42.4. The van der Waals surface area contributed by atoms with Gasteiger partial charge in [0.15, 0.2) is 0 Å². The van der Waals surface area contributed by atoms with E-state index in [1.54, 1.807) is 30.1 Å². The maximum absolute atomic E-state index is 14.8. The van der Waals surface area contributed by atoms with Crippen LogP contribution < -0.4 is 5.62 Å². The van der Waals surface area contributed by atoms with Crippen LogP contribution >= 0.6 is 0 Å². The van der Waals surface area contributed by atoms with E-state index in [-0.39, 0.29) is 35.1 Å². The van der Waals surface area contributed by atoms with Gasteiger partial charge in [0, 0.05) is 24.7 Å². The number of likely N-dealkylation sites (N-methyl/N-ethyl adjacent to an activating group) is 1. The molecule has 0 saturated carbocycles. The first-order valence-electron chi connectivity index (χ1n) is 11.3. The summed E-state index contributed by atoms with van der Waals surface area (Å²) in [5.41, 5.74) is -0.498. The van der Waals surface area contributed by atoms with Crippen LogP contribution in [0.2, 0.25) is 0 Å². The van der Waals surface area contributed by atoms with Crippen molar-refractivity contribution in [2.45, 2.75) is 44.3 Å². The number of nitrogens with one attached hydrogen (secondary N) is 1. The smallest absolute Gasteiger partial charge is 0.280 e. The van der Waals surface area contributed by atoms with Gasteiger partial charge in [0.2, 0.25) is 11.5 Å². The molecule has 2 N–H and O–H groups in total. The number of fused-ring (bicyclic) bond motifs is 1. The van der Waals surface area contributed by atoms with Gasteiger partial charge in [-0.15, -0.1) is 0 Å². The second-order valence-corrected chi connectivity index (χ2v) is 9.18. The molecule has 2 amide bonds. The quantitative estimate of drug-likeness (QED) is 0.554. The van der Waals surface area contributed by atoms with Crippen LogP contribution in [0, 0.1) is 0 Å². The fourth-order valence-electron chi connectivity index (χ4n) is 4.35.